The SMILES string of the molecule is CC(C(=O)C(C)c1ccc(OCc2nc(Cc3cccc(I)c3)no2)c(Cl)c1O)c1ccc(OCc2nc(Cc3cccc(I)c3)no2)c(Cl)c1O. The van der Waals surface area contributed by atoms with Crippen molar-refractivity contribution in [2.24, 2.45) is 0 Å². The van der Waals surface area contributed by atoms with Crippen LogP contribution in [0.15, 0.2) is 81.8 Å². The Morgan fingerprint density at radius 3 is 1.54 bits per heavy atom. The molecule has 15 heteroatoms. The van der Waals surface area contributed by atoms with Crippen LogP contribution in [-0.4, -0.2) is 36.3 Å². The van der Waals surface area contributed by atoms with Gasteiger partial charge in [0.15, 0.2) is 24.9 Å². The summed E-state index contributed by atoms with van der Waals surface area (Å²) in [5.74, 6) is -0.654. The molecular weight excluding hydrogens is 937 g/mol. The molecule has 0 bridgehead atoms. The van der Waals surface area contributed by atoms with E-state index in [4.69, 9.17) is 41.7 Å². The Morgan fingerprint density at radius 2 is 1.13 bits per heavy atom. The molecule has 4 aromatic carbocycles. The summed E-state index contributed by atoms with van der Waals surface area (Å²) in [4.78, 5) is 22.4. The zero-order valence-electron chi connectivity index (χ0n) is 27.6. The number of aromatic hydroxyl groups is 2. The molecule has 2 aromatic heterocycles. The Kier molecular flexibility index (Phi) is 12.2. The van der Waals surface area contributed by atoms with Crippen LogP contribution in [-0.2, 0) is 30.8 Å². The predicted molar refractivity (Wildman–Crippen MR) is 209 cm³/mol. The highest BCUT2D eigenvalue weighted by Gasteiger charge is 2.29. The van der Waals surface area contributed by atoms with Gasteiger partial charge in [0.2, 0.25) is 0 Å². The zero-order valence-corrected chi connectivity index (χ0v) is 33.5. The van der Waals surface area contributed by atoms with Crippen molar-refractivity contribution in [2.75, 3.05) is 0 Å². The first-order valence-corrected chi connectivity index (χ1v) is 18.8. The molecule has 0 amide bonds. The Balaban J connectivity index is 1.06. The largest absolute Gasteiger partial charge is 0.506 e. The minimum absolute atomic E-state index is 0.0704. The maximum atomic E-state index is 13.6. The normalized spacial score (nSPS) is 12.4. The van der Waals surface area contributed by atoms with Gasteiger partial charge in [-0.05, 0) is 92.7 Å². The minimum Gasteiger partial charge on any atom is -0.506 e. The van der Waals surface area contributed by atoms with Crippen LogP contribution < -0.4 is 9.47 Å². The van der Waals surface area contributed by atoms with Crippen LogP contribution in [0.2, 0.25) is 10.0 Å². The fourth-order valence-electron chi connectivity index (χ4n) is 5.50. The number of phenolic OH excluding ortho intramolecular Hbond substituents is 2. The highest BCUT2D eigenvalue weighted by atomic mass is 127. The molecule has 2 unspecified atom stereocenters. The van der Waals surface area contributed by atoms with Crippen LogP contribution in [0.3, 0.4) is 0 Å². The number of hydrogen-bond acceptors (Lipinski definition) is 11. The van der Waals surface area contributed by atoms with Gasteiger partial charge in [0.25, 0.3) is 11.8 Å². The molecule has 0 radical (unpaired) electrons. The van der Waals surface area contributed by atoms with E-state index in [1.807, 2.05) is 48.5 Å². The highest BCUT2D eigenvalue weighted by molar-refractivity contribution is 14.1. The van der Waals surface area contributed by atoms with Gasteiger partial charge < -0.3 is 28.7 Å². The molecule has 0 saturated heterocycles. The summed E-state index contributed by atoms with van der Waals surface area (Å²) in [5.41, 5.74) is 2.67. The first-order chi connectivity index (χ1) is 25.0. The summed E-state index contributed by atoms with van der Waals surface area (Å²) in [6.45, 7) is 3.14. The second kappa shape index (κ2) is 16.8. The fourth-order valence-corrected chi connectivity index (χ4v) is 7.17. The average molecular weight is 967 g/mol. The van der Waals surface area contributed by atoms with E-state index in [0.717, 1.165) is 18.3 Å². The summed E-state index contributed by atoms with van der Waals surface area (Å²) in [5, 5.41) is 29.9. The van der Waals surface area contributed by atoms with E-state index in [-0.39, 0.29) is 63.8 Å². The number of carbonyl (C=O) groups is 1. The first kappa shape index (κ1) is 37.8. The van der Waals surface area contributed by atoms with Crippen LogP contribution in [0, 0.1) is 7.14 Å². The van der Waals surface area contributed by atoms with Crippen molar-refractivity contribution in [1.29, 1.82) is 0 Å². The van der Waals surface area contributed by atoms with E-state index in [2.05, 4.69) is 65.5 Å². The molecule has 2 heterocycles. The Hall–Kier alpha value is -3.93. The van der Waals surface area contributed by atoms with Crippen molar-refractivity contribution in [3.8, 4) is 23.0 Å². The Morgan fingerprint density at radius 1 is 0.712 bits per heavy atom. The molecule has 0 fully saturated rings. The van der Waals surface area contributed by atoms with E-state index in [1.54, 1.807) is 38.1 Å². The van der Waals surface area contributed by atoms with E-state index in [1.165, 1.54) is 0 Å². The van der Waals surface area contributed by atoms with Gasteiger partial charge in [0.05, 0.1) is 0 Å². The van der Waals surface area contributed by atoms with Gasteiger partial charge in [-0.1, -0.05) is 83.8 Å². The van der Waals surface area contributed by atoms with Crippen molar-refractivity contribution >= 4 is 74.2 Å². The number of ketones is 1. The molecule has 11 nitrogen and oxygen atoms in total. The average Bonchev–Trinajstić information content (AvgIpc) is 3.77. The van der Waals surface area contributed by atoms with Gasteiger partial charge in [-0.2, -0.15) is 9.97 Å². The molecule has 0 aliphatic rings. The highest BCUT2D eigenvalue weighted by Crippen LogP contribution is 2.44. The van der Waals surface area contributed by atoms with Gasteiger partial charge in [-0.3, -0.25) is 4.79 Å². The lowest BCUT2D eigenvalue weighted by molar-refractivity contribution is -0.121. The molecule has 2 N–H and O–H groups in total. The van der Waals surface area contributed by atoms with E-state index in [9.17, 15) is 15.0 Å². The smallest absolute Gasteiger partial charge is 0.264 e. The number of benzene rings is 4. The van der Waals surface area contributed by atoms with Crippen LogP contribution in [0.5, 0.6) is 23.0 Å². The Labute approximate surface area is 335 Å². The number of nitrogens with zero attached hydrogens (tertiary/aromatic N) is 4. The first-order valence-electron chi connectivity index (χ1n) is 15.9. The van der Waals surface area contributed by atoms with Crippen molar-refractivity contribution < 1.29 is 33.5 Å². The Bertz CT molecular complexity index is 2080. The van der Waals surface area contributed by atoms with Gasteiger partial charge >= 0.3 is 0 Å². The van der Waals surface area contributed by atoms with Crippen molar-refractivity contribution in [3.05, 3.63) is 136 Å². The summed E-state index contributed by atoms with van der Waals surface area (Å²) in [7, 11) is 0. The summed E-state index contributed by atoms with van der Waals surface area (Å²) < 4.78 is 24.4. The van der Waals surface area contributed by atoms with E-state index < -0.39 is 11.8 Å². The molecule has 52 heavy (non-hydrogen) atoms. The molecule has 2 atom stereocenters. The van der Waals surface area contributed by atoms with Crippen LogP contribution >= 0.6 is 68.4 Å². The number of phenols is 2. The third-order valence-electron chi connectivity index (χ3n) is 8.24. The van der Waals surface area contributed by atoms with Crippen molar-refractivity contribution in [3.63, 3.8) is 0 Å². The molecule has 6 aromatic rings. The quantitative estimate of drug-likeness (QED) is 0.101. The number of halogens is 4. The number of rotatable bonds is 14. The van der Waals surface area contributed by atoms with Crippen LogP contribution in [0.4, 0.5) is 0 Å². The lowest BCUT2D eigenvalue weighted by Crippen LogP contribution is -2.17. The second-order valence-corrected chi connectivity index (χ2v) is 15.1. The van der Waals surface area contributed by atoms with Gasteiger partial charge in [0.1, 0.15) is 38.8 Å². The maximum absolute atomic E-state index is 13.6. The lowest BCUT2D eigenvalue weighted by atomic mass is 9.85. The van der Waals surface area contributed by atoms with E-state index >= 15 is 0 Å². The standard InChI is InChI=1S/C37H30Cl2I2N4O7/c1-19(25-9-11-27(33(38)36(25)47)49-17-31-42-29(44-51-31)15-21-5-3-7-23(40)13-21)35(46)20(2)26-10-12-28(34(39)37(26)48)50-18-32-43-30(45-52-32)16-22-6-4-8-24(41)14-22/h3-14,19-20,47-48H,15-18H2,1-2H3. The zero-order chi connectivity index (χ0) is 36.9. The molecule has 268 valence electrons. The number of aromatic nitrogens is 4. The number of ether oxygens (including phenoxy) is 2. The summed E-state index contributed by atoms with van der Waals surface area (Å²) in [6, 6.07) is 22.2. The summed E-state index contributed by atoms with van der Waals surface area (Å²) in [6.07, 6.45) is 1.00. The van der Waals surface area contributed by atoms with Crippen LogP contribution in [0.1, 0.15) is 71.4 Å². The van der Waals surface area contributed by atoms with Crippen LogP contribution in [0.25, 0.3) is 0 Å². The molecule has 0 aliphatic heterocycles. The lowest BCUT2D eigenvalue weighted by Gasteiger charge is -2.20. The monoisotopic (exact) mass is 966 g/mol. The van der Waals surface area contributed by atoms with Gasteiger partial charge in [0, 0.05) is 42.9 Å². The second-order valence-electron chi connectivity index (χ2n) is 11.9. The third kappa shape index (κ3) is 8.98. The third-order valence-corrected chi connectivity index (χ3v) is 10.3. The fraction of sp³-hybridized carbons (Fsp3) is 0.216. The van der Waals surface area contributed by atoms with E-state index in [0.29, 0.717) is 35.6 Å². The number of carbonyl (C=O) groups excluding carboxylic acids is 1. The molecule has 0 spiro atoms. The molecule has 6 rings (SSSR count). The molecule has 0 saturated carbocycles. The van der Waals surface area contributed by atoms with Crippen molar-refractivity contribution in [2.45, 2.75) is 51.7 Å². The number of Topliss-reactive ketones (excluding diaryl/α,β-unsaturated/α-hetero) is 1. The predicted octanol–water partition coefficient (Wildman–Crippen LogP) is 9.20. The minimum atomic E-state index is -0.804. The van der Waals surface area contributed by atoms with Gasteiger partial charge in [-0.15, -0.1) is 0 Å². The topological polar surface area (TPSA) is 154 Å². The maximum Gasteiger partial charge on any atom is 0.264 e. The molecule has 0 aliphatic carbocycles. The summed E-state index contributed by atoms with van der Waals surface area (Å²) >= 11 is 17.4. The van der Waals surface area contributed by atoms with Gasteiger partial charge in [-0.25, -0.2) is 0 Å². The van der Waals surface area contributed by atoms with Crippen molar-refractivity contribution in [1.82, 2.24) is 20.3 Å². The molecular formula is C37H30Cl2I2N4O7. The number of hydrogen-bond donors (Lipinski definition) is 2.